The van der Waals surface area contributed by atoms with E-state index in [9.17, 15) is 0 Å². The number of nitrogens with one attached hydrogen (secondary N) is 1. The number of unbranched alkanes of at least 4 members (excludes halogenated alkanes) is 1. The van der Waals surface area contributed by atoms with Gasteiger partial charge in [0.05, 0.1) is 5.02 Å². The number of hydrogen-bond acceptors (Lipinski definition) is 2. The van der Waals surface area contributed by atoms with Crippen molar-refractivity contribution in [3.05, 3.63) is 21.3 Å². The summed E-state index contributed by atoms with van der Waals surface area (Å²) in [5, 5.41) is 6.45. The van der Waals surface area contributed by atoms with E-state index in [1.54, 1.807) is 11.3 Å². The minimum absolute atomic E-state index is 0.747. The van der Waals surface area contributed by atoms with Gasteiger partial charge in [0.25, 0.3) is 0 Å². The molecular weight excluding hydrogens is 226 g/mol. The fraction of sp³-hybridized carbons (Fsp3) is 0.667. The third-order valence-electron chi connectivity index (χ3n) is 2.25. The predicted molar refractivity (Wildman–Crippen MR) is 70.0 cm³/mol. The fourth-order valence-corrected chi connectivity index (χ4v) is 2.61. The second-order valence-corrected chi connectivity index (χ2v) is 5.65. The third-order valence-corrected chi connectivity index (χ3v) is 3.70. The molecule has 0 aliphatic carbocycles. The minimum atomic E-state index is 0.747. The summed E-state index contributed by atoms with van der Waals surface area (Å²) < 4.78 is 0. The molecule has 1 nitrogen and oxygen atoms in total. The Labute approximate surface area is 102 Å². The number of halogens is 1. The van der Waals surface area contributed by atoms with Crippen LogP contribution >= 0.6 is 22.9 Å². The molecule has 1 aromatic rings. The Kier molecular flexibility index (Phi) is 6.30. The van der Waals surface area contributed by atoms with Gasteiger partial charge in [-0.15, -0.1) is 11.3 Å². The fourth-order valence-electron chi connectivity index (χ4n) is 1.43. The summed E-state index contributed by atoms with van der Waals surface area (Å²) in [7, 11) is 0. The van der Waals surface area contributed by atoms with Crippen molar-refractivity contribution in [2.24, 2.45) is 5.92 Å². The van der Waals surface area contributed by atoms with E-state index in [1.165, 1.54) is 17.7 Å². The molecular formula is C12H20ClNS. The molecule has 86 valence electrons. The van der Waals surface area contributed by atoms with Gasteiger partial charge in [0.2, 0.25) is 0 Å². The SMILES string of the molecule is CC(C)CNCCCCc1sccc1Cl. The van der Waals surface area contributed by atoms with Crippen molar-refractivity contribution in [1.82, 2.24) is 5.32 Å². The number of thiophene rings is 1. The van der Waals surface area contributed by atoms with Crippen LogP contribution in [0.15, 0.2) is 11.4 Å². The molecule has 0 aliphatic rings. The highest BCUT2D eigenvalue weighted by molar-refractivity contribution is 7.10. The first-order valence-electron chi connectivity index (χ1n) is 5.62. The second-order valence-electron chi connectivity index (χ2n) is 4.25. The van der Waals surface area contributed by atoms with E-state index in [4.69, 9.17) is 11.6 Å². The van der Waals surface area contributed by atoms with Gasteiger partial charge in [0.15, 0.2) is 0 Å². The van der Waals surface area contributed by atoms with Crippen molar-refractivity contribution in [2.75, 3.05) is 13.1 Å². The van der Waals surface area contributed by atoms with Gasteiger partial charge in [-0.05, 0) is 49.7 Å². The van der Waals surface area contributed by atoms with Crippen molar-refractivity contribution < 1.29 is 0 Å². The monoisotopic (exact) mass is 245 g/mol. The molecule has 15 heavy (non-hydrogen) atoms. The normalized spacial score (nSPS) is 11.2. The summed E-state index contributed by atoms with van der Waals surface area (Å²) >= 11 is 7.78. The zero-order valence-corrected chi connectivity index (χ0v) is 11.1. The molecule has 1 rings (SSSR count). The molecule has 0 bridgehead atoms. The highest BCUT2D eigenvalue weighted by Gasteiger charge is 2.00. The van der Waals surface area contributed by atoms with Gasteiger partial charge in [-0.1, -0.05) is 25.4 Å². The maximum absolute atomic E-state index is 6.02. The molecule has 0 aromatic carbocycles. The van der Waals surface area contributed by atoms with E-state index in [-0.39, 0.29) is 0 Å². The van der Waals surface area contributed by atoms with E-state index < -0.39 is 0 Å². The first-order valence-corrected chi connectivity index (χ1v) is 6.88. The molecule has 0 unspecified atom stereocenters. The topological polar surface area (TPSA) is 12.0 Å². The third kappa shape index (κ3) is 5.55. The first-order chi connectivity index (χ1) is 7.20. The molecule has 0 saturated carbocycles. The van der Waals surface area contributed by atoms with Crippen molar-refractivity contribution in [3.8, 4) is 0 Å². The number of aryl methyl sites for hydroxylation is 1. The van der Waals surface area contributed by atoms with Gasteiger partial charge >= 0.3 is 0 Å². The highest BCUT2D eigenvalue weighted by atomic mass is 35.5. The molecule has 1 aromatic heterocycles. The van der Waals surface area contributed by atoms with Gasteiger partial charge in [-0.25, -0.2) is 0 Å². The van der Waals surface area contributed by atoms with Crippen LogP contribution in [0, 0.1) is 5.92 Å². The molecule has 1 N–H and O–H groups in total. The molecule has 0 radical (unpaired) electrons. The van der Waals surface area contributed by atoms with Crippen molar-refractivity contribution in [1.29, 1.82) is 0 Å². The Morgan fingerprint density at radius 1 is 1.40 bits per heavy atom. The highest BCUT2D eigenvalue weighted by Crippen LogP contribution is 2.23. The lowest BCUT2D eigenvalue weighted by molar-refractivity contribution is 0.536. The number of rotatable bonds is 7. The van der Waals surface area contributed by atoms with E-state index >= 15 is 0 Å². The molecule has 0 saturated heterocycles. The molecule has 3 heteroatoms. The molecule has 0 atom stereocenters. The van der Waals surface area contributed by atoms with Crippen LogP contribution in [0.5, 0.6) is 0 Å². The van der Waals surface area contributed by atoms with Crippen molar-refractivity contribution in [3.63, 3.8) is 0 Å². The Morgan fingerprint density at radius 3 is 2.80 bits per heavy atom. The summed E-state index contributed by atoms with van der Waals surface area (Å²) in [6, 6.07) is 1.98. The average Bonchev–Trinajstić information content (AvgIpc) is 2.57. The van der Waals surface area contributed by atoms with Crippen LogP contribution in [0.1, 0.15) is 31.6 Å². The van der Waals surface area contributed by atoms with Gasteiger partial charge in [-0.2, -0.15) is 0 Å². The van der Waals surface area contributed by atoms with E-state index in [0.717, 1.165) is 30.5 Å². The smallest absolute Gasteiger partial charge is 0.0544 e. The molecule has 0 aliphatic heterocycles. The summed E-state index contributed by atoms with van der Waals surface area (Å²) in [5.41, 5.74) is 0. The standard InChI is InChI=1S/C12H20ClNS/c1-10(2)9-14-7-4-3-5-12-11(13)6-8-15-12/h6,8,10,14H,3-5,7,9H2,1-2H3. The summed E-state index contributed by atoms with van der Waals surface area (Å²) in [4.78, 5) is 1.33. The first kappa shape index (κ1) is 13.0. The van der Waals surface area contributed by atoms with Crippen LogP contribution in [-0.2, 0) is 6.42 Å². The Bertz CT molecular complexity index is 270. The lowest BCUT2D eigenvalue weighted by Gasteiger charge is -2.06. The van der Waals surface area contributed by atoms with Crippen LogP contribution < -0.4 is 5.32 Å². The zero-order chi connectivity index (χ0) is 11.1. The quantitative estimate of drug-likeness (QED) is 0.717. The van der Waals surface area contributed by atoms with Crippen molar-refractivity contribution >= 4 is 22.9 Å². The van der Waals surface area contributed by atoms with Crippen LogP contribution in [0.3, 0.4) is 0 Å². The zero-order valence-electron chi connectivity index (χ0n) is 9.55. The summed E-state index contributed by atoms with van der Waals surface area (Å²) in [6.07, 6.45) is 3.59. The van der Waals surface area contributed by atoms with E-state index in [0.29, 0.717) is 0 Å². The summed E-state index contributed by atoms with van der Waals surface area (Å²) in [5.74, 6) is 0.747. The Hall–Kier alpha value is -0.0500. The lowest BCUT2D eigenvalue weighted by atomic mass is 10.2. The predicted octanol–water partition coefficient (Wildman–Crippen LogP) is 3.97. The van der Waals surface area contributed by atoms with Crippen LogP contribution in [0.2, 0.25) is 5.02 Å². The summed E-state index contributed by atoms with van der Waals surface area (Å²) in [6.45, 7) is 6.72. The molecule has 1 heterocycles. The largest absolute Gasteiger partial charge is 0.316 e. The maximum atomic E-state index is 6.02. The lowest BCUT2D eigenvalue weighted by Crippen LogP contribution is -2.20. The van der Waals surface area contributed by atoms with Crippen molar-refractivity contribution in [2.45, 2.75) is 33.1 Å². The molecule has 0 amide bonds. The van der Waals surface area contributed by atoms with Crippen LogP contribution in [0.25, 0.3) is 0 Å². The van der Waals surface area contributed by atoms with Crippen LogP contribution in [0.4, 0.5) is 0 Å². The molecule has 0 fully saturated rings. The maximum Gasteiger partial charge on any atom is 0.0544 e. The van der Waals surface area contributed by atoms with E-state index in [1.807, 2.05) is 6.07 Å². The van der Waals surface area contributed by atoms with Gasteiger partial charge in [-0.3, -0.25) is 0 Å². The average molecular weight is 246 g/mol. The Balaban J connectivity index is 2.00. The molecule has 0 spiro atoms. The van der Waals surface area contributed by atoms with Gasteiger partial charge in [0, 0.05) is 4.88 Å². The van der Waals surface area contributed by atoms with Crippen LogP contribution in [-0.4, -0.2) is 13.1 Å². The second kappa shape index (κ2) is 7.26. The van der Waals surface area contributed by atoms with Gasteiger partial charge < -0.3 is 5.32 Å². The van der Waals surface area contributed by atoms with Gasteiger partial charge in [0.1, 0.15) is 0 Å². The Morgan fingerprint density at radius 2 is 2.20 bits per heavy atom. The number of hydrogen-bond donors (Lipinski definition) is 1. The minimum Gasteiger partial charge on any atom is -0.316 e. The van der Waals surface area contributed by atoms with E-state index in [2.05, 4.69) is 24.5 Å².